The number of H-pyrrole nitrogens is 1. The molecule has 1 aromatic carbocycles. The fourth-order valence-corrected chi connectivity index (χ4v) is 1.44. The Morgan fingerprint density at radius 3 is 2.53 bits per heavy atom. The highest BCUT2D eigenvalue weighted by molar-refractivity contribution is 5.88. The number of aromatic amines is 1. The van der Waals surface area contributed by atoms with Crippen molar-refractivity contribution in [2.75, 3.05) is 0 Å². The Morgan fingerprint density at radius 1 is 1.20 bits per heavy atom. The van der Waals surface area contributed by atoms with Crippen molar-refractivity contribution in [3.05, 3.63) is 30.1 Å². The van der Waals surface area contributed by atoms with Crippen LogP contribution in [0, 0.1) is 6.92 Å². The second-order valence-electron chi connectivity index (χ2n) is 3.02. The highest BCUT2D eigenvalue weighted by Crippen LogP contribution is 2.33. The number of aryl methyl sites for hydroxylation is 1. The Morgan fingerprint density at radius 2 is 1.87 bits per heavy atom. The third-order valence-electron chi connectivity index (χ3n) is 2.19. The Balaban J connectivity index is 0.000000531. The molecule has 0 aliphatic heterocycles. The molecule has 0 aliphatic carbocycles. The summed E-state index contributed by atoms with van der Waals surface area (Å²) in [6.45, 7) is 5.78. The molecule has 1 heterocycles. The van der Waals surface area contributed by atoms with Crippen molar-refractivity contribution >= 4 is 10.8 Å². The number of fused-ring (bicyclic) bond motifs is 1. The number of hydrogen-bond acceptors (Lipinski definition) is 2. The number of phenols is 2. The smallest absolute Gasteiger partial charge is 0.175 e. The van der Waals surface area contributed by atoms with Crippen LogP contribution < -0.4 is 4.98 Å². The zero-order chi connectivity index (χ0) is 11.4. The van der Waals surface area contributed by atoms with E-state index >= 15 is 0 Å². The fraction of sp³-hybridized carbons (Fsp3) is 0.250. The van der Waals surface area contributed by atoms with E-state index in [0.29, 0.717) is 5.56 Å². The molecule has 0 saturated carbocycles. The van der Waals surface area contributed by atoms with Gasteiger partial charge in [-0.1, -0.05) is 13.8 Å². The first kappa shape index (κ1) is 11.3. The first-order valence-corrected chi connectivity index (χ1v) is 5.01. The number of pyridine rings is 1. The first-order chi connectivity index (χ1) is 7.20. The van der Waals surface area contributed by atoms with Gasteiger partial charge in [0, 0.05) is 22.4 Å². The average Bonchev–Trinajstić information content (AvgIpc) is 2.29. The second-order valence-corrected chi connectivity index (χ2v) is 3.02. The standard InChI is InChI=1S/C10H9NO2.C2H6/c1-6-8-2-3-11-5-7(8)4-9(12)10(6)13;1-2/h2-5,12-13H,1H3;1-2H3/p+1. The molecule has 0 unspecified atom stereocenters. The highest BCUT2D eigenvalue weighted by atomic mass is 16.3. The predicted molar refractivity (Wildman–Crippen MR) is 59.9 cm³/mol. The molecule has 0 saturated heterocycles. The second kappa shape index (κ2) is 4.64. The van der Waals surface area contributed by atoms with Crippen LogP contribution in [0.3, 0.4) is 0 Å². The molecular weight excluding hydrogens is 190 g/mol. The van der Waals surface area contributed by atoms with Gasteiger partial charge in [-0.05, 0) is 13.0 Å². The molecule has 3 N–H and O–H groups in total. The SMILES string of the molecule is CC.Cc1c(O)c(O)cc2c[nH+]ccc12. The minimum absolute atomic E-state index is 0.0429. The number of phenolic OH excluding ortho intramolecular Hbond substituents is 2. The van der Waals surface area contributed by atoms with E-state index in [4.69, 9.17) is 0 Å². The maximum atomic E-state index is 9.44. The van der Waals surface area contributed by atoms with Gasteiger partial charge in [0.25, 0.3) is 0 Å². The topological polar surface area (TPSA) is 54.6 Å². The van der Waals surface area contributed by atoms with Gasteiger partial charge in [0.2, 0.25) is 0 Å². The largest absolute Gasteiger partial charge is 0.504 e. The van der Waals surface area contributed by atoms with Gasteiger partial charge in [-0.15, -0.1) is 0 Å². The number of hydrogen-bond donors (Lipinski definition) is 2. The van der Waals surface area contributed by atoms with Crippen molar-refractivity contribution in [3.8, 4) is 11.5 Å². The van der Waals surface area contributed by atoms with Crippen LogP contribution in [0.25, 0.3) is 10.8 Å². The van der Waals surface area contributed by atoms with Crippen molar-refractivity contribution in [2.45, 2.75) is 20.8 Å². The average molecular weight is 206 g/mol. The van der Waals surface area contributed by atoms with Crippen LogP contribution in [0.4, 0.5) is 0 Å². The van der Waals surface area contributed by atoms with Crippen LogP contribution in [0.15, 0.2) is 24.5 Å². The van der Waals surface area contributed by atoms with E-state index in [9.17, 15) is 10.2 Å². The highest BCUT2D eigenvalue weighted by Gasteiger charge is 2.08. The zero-order valence-electron chi connectivity index (χ0n) is 9.20. The lowest BCUT2D eigenvalue weighted by molar-refractivity contribution is -0.375. The maximum absolute atomic E-state index is 9.44. The van der Waals surface area contributed by atoms with Crippen LogP contribution in [0.5, 0.6) is 11.5 Å². The van der Waals surface area contributed by atoms with Crippen molar-refractivity contribution in [1.29, 1.82) is 0 Å². The molecule has 3 nitrogen and oxygen atoms in total. The fourth-order valence-electron chi connectivity index (χ4n) is 1.44. The summed E-state index contributed by atoms with van der Waals surface area (Å²) in [5.74, 6) is -0.122. The number of aromatic hydroxyl groups is 2. The van der Waals surface area contributed by atoms with Crippen molar-refractivity contribution < 1.29 is 15.2 Å². The Kier molecular flexibility index (Phi) is 3.50. The first-order valence-electron chi connectivity index (χ1n) is 5.01. The Labute approximate surface area is 89.0 Å². The van der Waals surface area contributed by atoms with Crippen molar-refractivity contribution in [3.63, 3.8) is 0 Å². The van der Waals surface area contributed by atoms with Gasteiger partial charge < -0.3 is 10.2 Å². The molecule has 0 bridgehead atoms. The lowest BCUT2D eigenvalue weighted by atomic mass is 10.1. The summed E-state index contributed by atoms with van der Waals surface area (Å²) in [6, 6.07) is 3.40. The lowest BCUT2D eigenvalue weighted by Gasteiger charge is -2.03. The summed E-state index contributed by atoms with van der Waals surface area (Å²) in [5, 5.41) is 20.6. The van der Waals surface area contributed by atoms with Gasteiger partial charge in [-0.2, -0.15) is 0 Å². The predicted octanol–water partition coefficient (Wildman–Crippen LogP) is 2.40. The maximum Gasteiger partial charge on any atom is 0.175 e. The molecule has 0 aliphatic rings. The third-order valence-corrected chi connectivity index (χ3v) is 2.19. The van der Waals surface area contributed by atoms with Gasteiger partial charge in [-0.25, -0.2) is 4.98 Å². The lowest BCUT2D eigenvalue weighted by Crippen LogP contribution is -1.97. The summed E-state index contributed by atoms with van der Waals surface area (Å²) in [4.78, 5) is 2.92. The van der Waals surface area contributed by atoms with E-state index in [0.717, 1.165) is 10.8 Å². The number of benzene rings is 1. The van der Waals surface area contributed by atoms with Crippen LogP contribution in [0.2, 0.25) is 0 Å². The molecule has 3 heteroatoms. The van der Waals surface area contributed by atoms with E-state index < -0.39 is 0 Å². The molecule has 2 rings (SSSR count). The van der Waals surface area contributed by atoms with Gasteiger partial charge in [0.15, 0.2) is 23.9 Å². The molecule has 0 radical (unpaired) electrons. The van der Waals surface area contributed by atoms with Crippen LogP contribution >= 0.6 is 0 Å². The van der Waals surface area contributed by atoms with Gasteiger partial charge >= 0.3 is 0 Å². The van der Waals surface area contributed by atoms with Crippen molar-refractivity contribution in [2.24, 2.45) is 0 Å². The monoisotopic (exact) mass is 206 g/mol. The molecule has 0 amide bonds. The third kappa shape index (κ3) is 2.01. The summed E-state index contributed by atoms with van der Waals surface area (Å²) in [7, 11) is 0. The van der Waals surface area contributed by atoms with E-state index in [2.05, 4.69) is 4.98 Å². The van der Waals surface area contributed by atoms with Gasteiger partial charge in [0.05, 0.1) is 0 Å². The zero-order valence-corrected chi connectivity index (χ0v) is 9.20. The Hall–Kier alpha value is -1.77. The minimum atomic E-state index is -0.0791. The molecule has 80 valence electrons. The van der Waals surface area contributed by atoms with E-state index in [1.165, 1.54) is 6.07 Å². The summed E-state index contributed by atoms with van der Waals surface area (Å²) in [5.41, 5.74) is 0.698. The van der Waals surface area contributed by atoms with E-state index in [1.54, 1.807) is 19.3 Å². The number of aromatic nitrogens is 1. The molecular formula is C12H16NO2+. The van der Waals surface area contributed by atoms with Gasteiger partial charge in [-0.3, -0.25) is 0 Å². The van der Waals surface area contributed by atoms with Crippen LogP contribution in [-0.4, -0.2) is 10.2 Å². The summed E-state index contributed by atoms with van der Waals surface area (Å²) in [6.07, 6.45) is 3.56. The van der Waals surface area contributed by atoms with Crippen LogP contribution in [0.1, 0.15) is 19.4 Å². The summed E-state index contributed by atoms with van der Waals surface area (Å²) < 4.78 is 0. The molecule has 0 fully saturated rings. The molecule has 1 aromatic heterocycles. The van der Waals surface area contributed by atoms with Crippen molar-refractivity contribution in [1.82, 2.24) is 0 Å². The normalized spacial score (nSPS) is 9.53. The van der Waals surface area contributed by atoms with E-state index in [-0.39, 0.29) is 11.5 Å². The Bertz CT molecular complexity index is 466. The molecule has 0 spiro atoms. The minimum Gasteiger partial charge on any atom is -0.504 e. The number of rotatable bonds is 0. The van der Waals surface area contributed by atoms with E-state index in [1.807, 2.05) is 19.9 Å². The number of nitrogens with one attached hydrogen (secondary N) is 1. The summed E-state index contributed by atoms with van der Waals surface area (Å²) >= 11 is 0. The molecule has 15 heavy (non-hydrogen) atoms. The quantitative estimate of drug-likeness (QED) is 0.650. The molecule has 0 atom stereocenters. The van der Waals surface area contributed by atoms with Crippen LogP contribution in [-0.2, 0) is 0 Å². The van der Waals surface area contributed by atoms with Gasteiger partial charge in [0.1, 0.15) is 0 Å². The molecule has 2 aromatic rings.